The molecule has 5 aliphatic rings. The van der Waals surface area contributed by atoms with Crippen LogP contribution in [0.1, 0.15) is 19.3 Å². The summed E-state index contributed by atoms with van der Waals surface area (Å²) in [5.41, 5.74) is 0. The third kappa shape index (κ3) is 0.460. The van der Waals surface area contributed by atoms with E-state index in [1.807, 2.05) is 0 Å². The Morgan fingerprint density at radius 1 is 0.818 bits per heavy atom. The summed E-state index contributed by atoms with van der Waals surface area (Å²) in [5.74, 6) is 7.05. The van der Waals surface area contributed by atoms with Crippen LogP contribution in [0.2, 0.25) is 0 Å². The van der Waals surface area contributed by atoms with Crippen molar-refractivity contribution in [3.05, 3.63) is 0 Å². The third-order valence-corrected chi connectivity index (χ3v) is 6.13. The zero-order valence-corrected chi connectivity index (χ0v) is 8.13. The fraction of sp³-hybridized carbons (Fsp3) is 1.00. The molecule has 7 unspecified atom stereocenters. The normalized spacial score (nSPS) is 75.5. The van der Waals surface area contributed by atoms with Gasteiger partial charge >= 0.3 is 0 Å². The van der Waals surface area contributed by atoms with Crippen LogP contribution >= 0.6 is 15.9 Å². The molecule has 1 heteroatoms. The lowest BCUT2D eigenvalue weighted by Gasteiger charge is -2.27. The van der Waals surface area contributed by atoms with Gasteiger partial charge in [0.2, 0.25) is 0 Å². The quantitative estimate of drug-likeness (QED) is 0.542. The van der Waals surface area contributed by atoms with Crippen molar-refractivity contribution >= 4 is 15.9 Å². The largest absolute Gasteiger partial charge is 0.0887 e. The summed E-state index contributed by atoms with van der Waals surface area (Å²) in [7, 11) is 0. The first-order chi connectivity index (χ1) is 5.36. The molecule has 0 aromatic rings. The molecule has 5 fully saturated rings. The first-order valence-corrected chi connectivity index (χ1v) is 5.92. The van der Waals surface area contributed by atoms with Gasteiger partial charge in [0.15, 0.2) is 0 Å². The van der Waals surface area contributed by atoms with Gasteiger partial charge in [-0.25, -0.2) is 0 Å². The highest BCUT2D eigenvalue weighted by Gasteiger charge is 2.69. The third-order valence-electron chi connectivity index (χ3n) is 5.14. The van der Waals surface area contributed by atoms with E-state index in [2.05, 4.69) is 15.9 Å². The van der Waals surface area contributed by atoms with Crippen LogP contribution in [0, 0.1) is 35.5 Å². The second-order valence-corrected chi connectivity index (χ2v) is 6.31. The number of hydrogen-bond donors (Lipinski definition) is 0. The van der Waals surface area contributed by atoms with Gasteiger partial charge in [-0.15, -0.1) is 0 Å². The summed E-state index contributed by atoms with van der Waals surface area (Å²) in [6.45, 7) is 0. The fourth-order valence-corrected chi connectivity index (χ4v) is 6.35. The standard InChI is InChI=1S/C10H13Br/c11-8-3-7-5-1-4-2-6(5)10(8)9(4)7/h4-10H,1-3H2. The van der Waals surface area contributed by atoms with Gasteiger partial charge in [0.1, 0.15) is 0 Å². The van der Waals surface area contributed by atoms with Gasteiger partial charge < -0.3 is 0 Å². The predicted molar refractivity (Wildman–Crippen MR) is 47.5 cm³/mol. The number of alkyl halides is 1. The molecule has 6 bridgehead atoms. The predicted octanol–water partition coefficient (Wildman–Crippen LogP) is 2.67. The topological polar surface area (TPSA) is 0 Å². The minimum Gasteiger partial charge on any atom is -0.0887 e. The highest BCUT2D eigenvalue weighted by Crippen LogP contribution is 2.75. The second kappa shape index (κ2) is 1.57. The van der Waals surface area contributed by atoms with Gasteiger partial charge in [-0.05, 0) is 54.8 Å². The minimum absolute atomic E-state index is 0.920. The smallest absolute Gasteiger partial charge is 0.0182 e. The van der Waals surface area contributed by atoms with Crippen LogP contribution in [0.4, 0.5) is 0 Å². The van der Waals surface area contributed by atoms with E-state index < -0.39 is 0 Å². The van der Waals surface area contributed by atoms with E-state index in [0.29, 0.717) is 0 Å². The molecule has 0 amide bonds. The van der Waals surface area contributed by atoms with Crippen molar-refractivity contribution in [3.63, 3.8) is 0 Å². The molecule has 0 spiro atoms. The van der Waals surface area contributed by atoms with E-state index in [0.717, 1.165) is 10.7 Å². The Morgan fingerprint density at radius 3 is 2.18 bits per heavy atom. The molecule has 5 aliphatic carbocycles. The van der Waals surface area contributed by atoms with Crippen LogP contribution in [0.3, 0.4) is 0 Å². The summed E-state index contributed by atoms with van der Waals surface area (Å²) >= 11 is 3.86. The Morgan fingerprint density at radius 2 is 1.55 bits per heavy atom. The Hall–Kier alpha value is 0.480. The highest BCUT2D eigenvalue weighted by atomic mass is 79.9. The molecule has 0 heterocycles. The maximum Gasteiger partial charge on any atom is 0.0182 e. The summed E-state index contributed by atoms with van der Waals surface area (Å²) in [5, 5.41) is 0. The zero-order valence-electron chi connectivity index (χ0n) is 6.54. The molecule has 5 rings (SSSR count). The van der Waals surface area contributed by atoms with Gasteiger partial charge in [-0.2, -0.15) is 0 Å². The second-order valence-electron chi connectivity index (χ2n) is 5.13. The van der Waals surface area contributed by atoms with Crippen molar-refractivity contribution in [2.45, 2.75) is 24.1 Å². The highest BCUT2D eigenvalue weighted by molar-refractivity contribution is 9.09. The average molecular weight is 213 g/mol. The lowest BCUT2D eigenvalue weighted by atomic mass is 9.82. The lowest BCUT2D eigenvalue weighted by molar-refractivity contribution is 0.268. The van der Waals surface area contributed by atoms with Crippen LogP contribution in [0.15, 0.2) is 0 Å². The maximum atomic E-state index is 3.86. The summed E-state index contributed by atoms with van der Waals surface area (Å²) in [6.07, 6.45) is 4.75. The Kier molecular flexibility index (Phi) is 0.859. The molecule has 0 aromatic carbocycles. The Bertz CT molecular complexity index is 219. The number of rotatable bonds is 0. The van der Waals surface area contributed by atoms with Crippen molar-refractivity contribution in [2.24, 2.45) is 35.5 Å². The van der Waals surface area contributed by atoms with E-state index >= 15 is 0 Å². The van der Waals surface area contributed by atoms with Crippen LogP contribution in [0.25, 0.3) is 0 Å². The monoisotopic (exact) mass is 212 g/mol. The van der Waals surface area contributed by atoms with E-state index in [9.17, 15) is 0 Å². The van der Waals surface area contributed by atoms with E-state index in [1.165, 1.54) is 36.0 Å². The summed E-state index contributed by atoms with van der Waals surface area (Å²) in [6, 6.07) is 0. The molecule has 0 saturated heterocycles. The SMILES string of the molecule is BrC1CC2C3CC4CC3C1C42. The molecule has 11 heavy (non-hydrogen) atoms. The average Bonchev–Trinajstić information content (AvgIpc) is 2.57. The van der Waals surface area contributed by atoms with Crippen LogP contribution in [0.5, 0.6) is 0 Å². The summed E-state index contributed by atoms with van der Waals surface area (Å²) < 4.78 is 0. The molecule has 0 N–H and O–H groups in total. The van der Waals surface area contributed by atoms with Crippen molar-refractivity contribution in [1.82, 2.24) is 0 Å². The van der Waals surface area contributed by atoms with E-state index in [4.69, 9.17) is 0 Å². The molecule has 7 atom stereocenters. The molecule has 0 aromatic heterocycles. The molecule has 60 valence electrons. The van der Waals surface area contributed by atoms with Crippen LogP contribution in [-0.4, -0.2) is 4.83 Å². The van der Waals surface area contributed by atoms with Gasteiger partial charge in [-0.1, -0.05) is 15.9 Å². The zero-order chi connectivity index (χ0) is 7.16. The molecular weight excluding hydrogens is 200 g/mol. The number of hydrogen-bond acceptors (Lipinski definition) is 0. The van der Waals surface area contributed by atoms with Crippen molar-refractivity contribution in [1.29, 1.82) is 0 Å². The molecule has 0 radical (unpaired) electrons. The van der Waals surface area contributed by atoms with Crippen molar-refractivity contribution in [2.75, 3.05) is 0 Å². The Balaban J connectivity index is 1.90. The molecule has 5 saturated carbocycles. The first-order valence-electron chi connectivity index (χ1n) is 5.00. The van der Waals surface area contributed by atoms with Crippen LogP contribution in [-0.2, 0) is 0 Å². The van der Waals surface area contributed by atoms with Gasteiger partial charge in [0.25, 0.3) is 0 Å². The van der Waals surface area contributed by atoms with Gasteiger partial charge in [0, 0.05) is 4.83 Å². The molecule has 0 nitrogen and oxygen atoms in total. The maximum absolute atomic E-state index is 3.86. The van der Waals surface area contributed by atoms with Gasteiger partial charge in [-0.3, -0.25) is 0 Å². The van der Waals surface area contributed by atoms with E-state index in [1.54, 1.807) is 12.8 Å². The molecular formula is C10H13Br. The number of halogens is 1. The lowest BCUT2D eigenvalue weighted by Crippen LogP contribution is -2.24. The minimum atomic E-state index is 0.920. The van der Waals surface area contributed by atoms with Crippen molar-refractivity contribution < 1.29 is 0 Å². The molecule has 0 aliphatic heterocycles. The van der Waals surface area contributed by atoms with Gasteiger partial charge in [0.05, 0.1) is 0 Å². The van der Waals surface area contributed by atoms with Crippen LogP contribution < -0.4 is 0 Å². The summed E-state index contributed by atoms with van der Waals surface area (Å²) in [4.78, 5) is 0.920. The Labute approximate surface area is 75.9 Å². The first kappa shape index (κ1) is 6.01. The van der Waals surface area contributed by atoms with E-state index in [-0.39, 0.29) is 0 Å². The van der Waals surface area contributed by atoms with Crippen molar-refractivity contribution in [3.8, 4) is 0 Å². The fourth-order valence-electron chi connectivity index (χ4n) is 5.17.